The van der Waals surface area contributed by atoms with E-state index in [2.05, 4.69) is 33.6 Å². The Morgan fingerprint density at radius 1 is 1.00 bits per heavy atom. The molecule has 2 saturated heterocycles. The van der Waals surface area contributed by atoms with Crippen molar-refractivity contribution in [3.05, 3.63) is 5.28 Å². The van der Waals surface area contributed by atoms with Crippen LogP contribution in [0.15, 0.2) is 0 Å². The van der Waals surface area contributed by atoms with Crippen molar-refractivity contribution in [2.24, 2.45) is 0 Å². The topological polar surface area (TPSA) is 45.2 Å². The molecule has 1 aromatic heterocycles. The van der Waals surface area contributed by atoms with Crippen LogP contribution in [0.4, 0.5) is 11.9 Å². The van der Waals surface area contributed by atoms with E-state index >= 15 is 0 Å². The van der Waals surface area contributed by atoms with Crippen molar-refractivity contribution < 1.29 is 0 Å². The van der Waals surface area contributed by atoms with Crippen LogP contribution in [0.1, 0.15) is 65.2 Å². The zero-order chi connectivity index (χ0) is 16.2. The fourth-order valence-electron chi connectivity index (χ4n) is 3.94. The Labute approximate surface area is 144 Å². The minimum atomic E-state index is 0.323. The van der Waals surface area contributed by atoms with Crippen molar-refractivity contribution in [1.29, 1.82) is 0 Å². The van der Waals surface area contributed by atoms with E-state index in [1.807, 2.05) is 0 Å². The molecule has 0 saturated carbocycles. The Morgan fingerprint density at radius 3 is 2.48 bits per heavy atom. The van der Waals surface area contributed by atoms with Gasteiger partial charge in [-0.15, -0.1) is 0 Å². The lowest BCUT2D eigenvalue weighted by molar-refractivity contribution is 0.372. The first kappa shape index (κ1) is 16.7. The summed E-state index contributed by atoms with van der Waals surface area (Å²) in [7, 11) is 0. The number of anilines is 2. The van der Waals surface area contributed by atoms with Gasteiger partial charge in [-0.05, 0) is 63.5 Å². The summed E-state index contributed by atoms with van der Waals surface area (Å²) in [5.74, 6) is 1.53. The quantitative estimate of drug-likeness (QED) is 0.829. The molecule has 0 bridgehead atoms. The van der Waals surface area contributed by atoms with Crippen molar-refractivity contribution >= 4 is 23.5 Å². The van der Waals surface area contributed by atoms with Gasteiger partial charge in [0.05, 0.1) is 0 Å². The third kappa shape index (κ3) is 3.87. The Kier molecular flexibility index (Phi) is 5.57. The third-order valence-electron chi connectivity index (χ3n) is 5.10. The summed E-state index contributed by atoms with van der Waals surface area (Å²) >= 11 is 6.25. The SMILES string of the molecule is CCCC1CCCC(C)N1c1nc(Cl)nc(N2CCCCC2)n1. The van der Waals surface area contributed by atoms with Crippen molar-refractivity contribution in [2.45, 2.75) is 77.3 Å². The molecular weight excluding hydrogens is 310 g/mol. The van der Waals surface area contributed by atoms with Gasteiger partial charge in [0.25, 0.3) is 0 Å². The van der Waals surface area contributed by atoms with E-state index in [1.165, 1.54) is 51.4 Å². The van der Waals surface area contributed by atoms with Crippen LogP contribution in [-0.4, -0.2) is 40.1 Å². The average molecular weight is 338 g/mol. The molecule has 128 valence electrons. The molecule has 2 fully saturated rings. The van der Waals surface area contributed by atoms with E-state index in [1.54, 1.807) is 0 Å². The van der Waals surface area contributed by atoms with Crippen molar-refractivity contribution in [1.82, 2.24) is 15.0 Å². The van der Waals surface area contributed by atoms with E-state index in [9.17, 15) is 0 Å². The summed E-state index contributed by atoms with van der Waals surface area (Å²) in [5.41, 5.74) is 0. The Balaban J connectivity index is 1.89. The molecule has 0 N–H and O–H groups in total. The van der Waals surface area contributed by atoms with Crippen LogP contribution in [0.2, 0.25) is 5.28 Å². The Bertz CT molecular complexity index is 516. The molecule has 2 atom stereocenters. The number of piperidine rings is 2. The highest BCUT2D eigenvalue weighted by Crippen LogP contribution is 2.30. The Hall–Kier alpha value is -1.10. The van der Waals surface area contributed by atoms with Gasteiger partial charge in [-0.1, -0.05) is 13.3 Å². The van der Waals surface area contributed by atoms with Gasteiger partial charge in [0.2, 0.25) is 17.2 Å². The van der Waals surface area contributed by atoms with Crippen molar-refractivity contribution in [2.75, 3.05) is 22.9 Å². The minimum absolute atomic E-state index is 0.323. The molecule has 3 rings (SSSR count). The molecule has 0 spiro atoms. The third-order valence-corrected chi connectivity index (χ3v) is 5.27. The first-order chi connectivity index (χ1) is 11.2. The summed E-state index contributed by atoms with van der Waals surface area (Å²) < 4.78 is 0. The summed E-state index contributed by atoms with van der Waals surface area (Å²) in [6, 6.07) is 0.990. The number of hydrogen-bond acceptors (Lipinski definition) is 5. The maximum absolute atomic E-state index is 6.25. The molecule has 1 aromatic rings. The lowest BCUT2D eigenvalue weighted by Gasteiger charge is -2.41. The number of aromatic nitrogens is 3. The average Bonchev–Trinajstić information content (AvgIpc) is 2.55. The monoisotopic (exact) mass is 337 g/mol. The van der Waals surface area contributed by atoms with Crippen LogP contribution in [-0.2, 0) is 0 Å². The molecule has 5 nitrogen and oxygen atoms in total. The standard InChI is InChI=1S/C17H28ClN5/c1-3-8-14-10-7-9-13(2)23(14)17-20-15(18)19-16(21-17)22-11-5-4-6-12-22/h13-14H,3-12H2,1-2H3. The largest absolute Gasteiger partial charge is 0.341 e. The number of halogens is 1. The van der Waals surface area contributed by atoms with Crippen LogP contribution >= 0.6 is 11.6 Å². The van der Waals surface area contributed by atoms with Gasteiger partial charge in [0, 0.05) is 25.2 Å². The maximum Gasteiger partial charge on any atom is 0.231 e. The summed E-state index contributed by atoms with van der Waals surface area (Å²) in [4.78, 5) is 18.3. The van der Waals surface area contributed by atoms with E-state index < -0.39 is 0 Å². The molecule has 2 unspecified atom stereocenters. The lowest BCUT2D eigenvalue weighted by Crippen LogP contribution is -2.46. The van der Waals surface area contributed by atoms with Gasteiger partial charge in [-0.2, -0.15) is 15.0 Å². The zero-order valence-corrected chi connectivity index (χ0v) is 15.1. The highest BCUT2D eigenvalue weighted by Gasteiger charge is 2.30. The molecule has 3 heterocycles. The molecule has 0 amide bonds. The lowest BCUT2D eigenvalue weighted by atomic mass is 9.94. The normalized spacial score (nSPS) is 25.7. The van der Waals surface area contributed by atoms with Gasteiger partial charge in [0.15, 0.2) is 0 Å². The number of rotatable bonds is 4. The fraction of sp³-hybridized carbons (Fsp3) is 0.824. The first-order valence-electron chi connectivity index (χ1n) is 9.14. The zero-order valence-electron chi connectivity index (χ0n) is 14.3. The predicted octanol–water partition coefficient (Wildman–Crippen LogP) is 4.06. The summed E-state index contributed by atoms with van der Waals surface area (Å²) in [5, 5.41) is 0.323. The van der Waals surface area contributed by atoms with E-state index in [0.29, 0.717) is 17.4 Å². The fourth-order valence-corrected chi connectivity index (χ4v) is 4.10. The first-order valence-corrected chi connectivity index (χ1v) is 9.51. The molecule has 23 heavy (non-hydrogen) atoms. The van der Waals surface area contributed by atoms with Crippen molar-refractivity contribution in [3.8, 4) is 0 Å². The molecule has 2 aliphatic heterocycles. The van der Waals surface area contributed by atoms with Crippen LogP contribution in [0.25, 0.3) is 0 Å². The van der Waals surface area contributed by atoms with E-state index in [-0.39, 0.29) is 0 Å². The maximum atomic E-state index is 6.25. The van der Waals surface area contributed by atoms with Crippen LogP contribution in [0.3, 0.4) is 0 Å². The molecule has 6 heteroatoms. The molecule has 0 aliphatic carbocycles. The van der Waals surface area contributed by atoms with Crippen LogP contribution in [0, 0.1) is 0 Å². The molecule has 2 aliphatic rings. The van der Waals surface area contributed by atoms with E-state index in [0.717, 1.165) is 25.0 Å². The molecule has 0 radical (unpaired) electrons. The second kappa shape index (κ2) is 7.65. The number of nitrogens with zero attached hydrogens (tertiary/aromatic N) is 5. The van der Waals surface area contributed by atoms with Crippen LogP contribution < -0.4 is 9.80 Å². The molecule has 0 aromatic carbocycles. The van der Waals surface area contributed by atoms with Gasteiger partial charge >= 0.3 is 0 Å². The highest BCUT2D eigenvalue weighted by molar-refractivity contribution is 6.28. The van der Waals surface area contributed by atoms with E-state index in [4.69, 9.17) is 16.6 Å². The molecular formula is C17H28ClN5. The minimum Gasteiger partial charge on any atom is -0.341 e. The summed E-state index contributed by atoms with van der Waals surface area (Å²) in [6.45, 7) is 6.57. The predicted molar refractivity (Wildman–Crippen MR) is 95.4 cm³/mol. The van der Waals surface area contributed by atoms with Gasteiger partial charge in [0.1, 0.15) is 0 Å². The summed E-state index contributed by atoms with van der Waals surface area (Å²) in [6.07, 6.45) is 9.79. The van der Waals surface area contributed by atoms with Gasteiger partial charge in [-0.3, -0.25) is 0 Å². The smallest absolute Gasteiger partial charge is 0.231 e. The number of hydrogen-bond donors (Lipinski definition) is 0. The highest BCUT2D eigenvalue weighted by atomic mass is 35.5. The second-order valence-corrected chi connectivity index (χ2v) is 7.22. The Morgan fingerprint density at radius 2 is 1.74 bits per heavy atom. The van der Waals surface area contributed by atoms with Gasteiger partial charge in [-0.25, -0.2) is 0 Å². The second-order valence-electron chi connectivity index (χ2n) is 6.88. The van der Waals surface area contributed by atoms with Gasteiger partial charge < -0.3 is 9.80 Å². The van der Waals surface area contributed by atoms with Crippen molar-refractivity contribution in [3.63, 3.8) is 0 Å². The van der Waals surface area contributed by atoms with Crippen LogP contribution in [0.5, 0.6) is 0 Å².